The van der Waals surface area contributed by atoms with E-state index in [2.05, 4.69) is 5.32 Å². The minimum Gasteiger partial charge on any atom is -0.354 e. The number of nitrogens with one attached hydrogen (secondary N) is 1. The zero-order chi connectivity index (χ0) is 11.5. The van der Waals surface area contributed by atoms with Crippen LogP contribution < -0.4 is 5.32 Å². The van der Waals surface area contributed by atoms with Crippen LogP contribution in [0, 0.1) is 17.2 Å². The molecule has 16 heavy (non-hydrogen) atoms. The average Bonchev–Trinajstić information content (AvgIpc) is 2.31. The molecule has 82 valence electrons. The van der Waals surface area contributed by atoms with Crippen molar-refractivity contribution in [3.8, 4) is 6.07 Å². The fourth-order valence-electron chi connectivity index (χ4n) is 1.92. The van der Waals surface area contributed by atoms with E-state index in [-0.39, 0.29) is 11.8 Å². The van der Waals surface area contributed by atoms with Gasteiger partial charge in [0.25, 0.3) is 0 Å². The van der Waals surface area contributed by atoms with Gasteiger partial charge in [-0.1, -0.05) is 23.7 Å². The van der Waals surface area contributed by atoms with Crippen LogP contribution in [0.15, 0.2) is 24.3 Å². The van der Waals surface area contributed by atoms with Gasteiger partial charge in [0, 0.05) is 17.5 Å². The number of carbonyl (C=O) groups excluding carboxylic acids is 1. The Labute approximate surface area is 99.0 Å². The molecule has 1 saturated heterocycles. The highest BCUT2D eigenvalue weighted by Crippen LogP contribution is 2.27. The van der Waals surface area contributed by atoms with Gasteiger partial charge in [-0.15, -0.1) is 0 Å². The molecular weight excluding hydrogens is 224 g/mol. The zero-order valence-corrected chi connectivity index (χ0v) is 9.37. The maximum Gasteiger partial charge on any atom is 0.237 e. The summed E-state index contributed by atoms with van der Waals surface area (Å²) in [5.74, 6) is -0.484. The Bertz CT molecular complexity index is 435. The molecule has 4 heteroatoms. The second-order valence-electron chi connectivity index (χ2n) is 3.91. The summed E-state index contributed by atoms with van der Waals surface area (Å²) in [4.78, 5) is 11.3. The van der Waals surface area contributed by atoms with Crippen molar-refractivity contribution in [1.29, 1.82) is 5.26 Å². The molecule has 1 aliphatic heterocycles. The standard InChI is InChI=1S/C12H11ClN2O/c13-11-3-1-8(2-4-11)10-5-9(6-14)12(16)15-7-10/h1-4,9-10H,5,7H2,(H,15,16). The summed E-state index contributed by atoms with van der Waals surface area (Å²) in [5, 5.41) is 12.3. The molecule has 0 aromatic heterocycles. The first-order valence-corrected chi connectivity index (χ1v) is 5.51. The predicted octanol–water partition coefficient (Wildman–Crippen LogP) is 2.08. The van der Waals surface area contributed by atoms with Crippen LogP contribution >= 0.6 is 11.6 Å². The van der Waals surface area contributed by atoms with E-state index < -0.39 is 5.92 Å². The second-order valence-corrected chi connectivity index (χ2v) is 4.35. The molecule has 0 bridgehead atoms. The molecule has 1 fully saturated rings. The molecular formula is C12H11ClN2O. The first kappa shape index (κ1) is 11.0. The molecule has 0 spiro atoms. The van der Waals surface area contributed by atoms with Crippen molar-refractivity contribution in [3.05, 3.63) is 34.9 Å². The van der Waals surface area contributed by atoms with Gasteiger partial charge in [0.15, 0.2) is 0 Å². The molecule has 2 rings (SSSR count). The van der Waals surface area contributed by atoms with Crippen molar-refractivity contribution in [3.63, 3.8) is 0 Å². The number of amides is 1. The van der Waals surface area contributed by atoms with Crippen molar-refractivity contribution in [2.75, 3.05) is 6.54 Å². The molecule has 1 amide bonds. The number of halogens is 1. The third-order valence-corrected chi connectivity index (χ3v) is 3.11. The number of hydrogen-bond acceptors (Lipinski definition) is 2. The Morgan fingerprint density at radius 2 is 2.06 bits per heavy atom. The van der Waals surface area contributed by atoms with Crippen molar-refractivity contribution in [1.82, 2.24) is 5.32 Å². The van der Waals surface area contributed by atoms with E-state index in [0.29, 0.717) is 18.0 Å². The maximum atomic E-state index is 11.3. The van der Waals surface area contributed by atoms with Gasteiger partial charge in [-0.2, -0.15) is 5.26 Å². The van der Waals surface area contributed by atoms with Crippen molar-refractivity contribution < 1.29 is 4.79 Å². The Morgan fingerprint density at radius 3 is 2.69 bits per heavy atom. The van der Waals surface area contributed by atoms with Crippen LogP contribution in [0.25, 0.3) is 0 Å². The van der Waals surface area contributed by atoms with Gasteiger partial charge in [-0.3, -0.25) is 4.79 Å². The minimum absolute atomic E-state index is 0.160. The number of hydrogen-bond donors (Lipinski definition) is 1. The highest BCUT2D eigenvalue weighted by molar-refractivity contribution is 6.30. The first-order valence-electron chi connectivity index (χ1n) is 5.13. The van der Waals surface area contributed by atoms with Gasteiger partial charge in [0.1, 0.15) is 5.92 Å². The van der Waals surface area contributed by atoms with Gasteiger partial charge < -0.3 is 5.32 Å². The lowest BCUT2D eigenvalue weighted by atomic mass is 9.86. The molecule has 2 unspecified atom stereocenters. The van der Waals surface area contributed by atoms with Crippen LogP contribution in [-0.2, 0) is 4.79 Å². The third kappa shape index (κ3) is 2.17. The summed E-state index contributed by atoms with van der Waals surface area (Å²) < 4.78 is 0. The molecule has 0 saturated carbocycles. The monoisotopic (exact) mass is 234 g/mol. The molecule has 1 heterocycles. The topological polar surface area (TPSA) is 52.9 Å². The Balaban J connectivity index is 2.15. The molecule has 0 aliphatic carbocycles. The summed E-state index contributed by atoms with van der Waals surface area (Å²) in [6.07, 6.45) is 0.587. The van der Waals surface area contributed by atoms with Crippen LogP contribution in [0.4, 0.5) is 0 Å². The summed E-state index contributed by atoms with van der Waals surface area (Å²) >= 11 is 5.81. The van der Waals surface area contributed by atoms with Crippen molar-refractivity contribution in [2.45, 2.75) is 12.3 Å². The predicted molar refractivity (Wildman–Crippen MR) is 60.9 cm³/mol. The molecule has 0 radical (unpaired) electrons. The lowest BCUT2D eigenvalue weighted by Crippen LogP contribution is -2.39. The van der Waals surface area contributed by atoms with E-state index >= 15 is 0 Å². The van der Waals surface area contributed by atoms with E-state index in [0.717, 1.165) is 5.56 Å². The average molecular weight is 235 g/mol. The van der Waals surface area contributed by atoms with E-state index in [9.17, 15) is 4.79 Å². The number of nitriles is 1. The quantitative estimate of drug-likeness (QED) is 0.809. The van der Waals surface area contributed by atoms with Crippen molar-refractivity contribution >= 4 is 17.5 Å². The highest BCUT2D eigenvalue weighted by atomic mass is 35.5. The Hall–Kier alpha value is -1.53. The van der Waals surface area contributed by atoms with Gasteiger partial charge >= 0.3 is 0 Å². The SMILES string of the molecule is N#CC1CC(c2ccc(Cl)cc2)CNC1=O. The highest BCUT2D eigenvalue weighted by Gasteiger charge is 2.28. The molecule has 3 nitrogen and oxygen atoms in total. The zero-order valence-electron chi connectivity index (χ0n) is 8.61. The molecule has 1 aliphatic rings. The van der Waals surface area contributed by atoms with Crippen LogP contribution in [0.5, 0.6) is 0 Å². The van der Waals surface area contributed by atoms with Gasteiger partial charge in [-0.05, 0) is 24.1 Å². The molecule has 2 atom stereocenters. The molecule has 1 N–H and O–H groups in total. The number of benzene rings is 1. The lowest BCUT2D eigenvalue weighted by Gasteiger charge is -2.25. The van der Waals surface area contributed by atoms with E-state index in [1.54, 1.807) is 0 Å². The van der Waals surface area contributed by atoms with Gasteiger partial charge in [-0.25, -0.2) is 0 Å². The largest absolute Gasteiger partial charge is 0.354 e. The van der Waals surface area contributed by atoms with Crippen LogP contribution in [0.2, 0.25) is 5.02 Å². The van der Waals surface area contributed by atoms with Crippen LogP contribution in [0.1, 0.15) is 17.9 Å². The smallest absolute Gasteiger partial charge is 0.237 e. The Kier molecular flexibility index (Phi) is 3.12. The maximum absolute atomic E-state index is 11.3. The van der Waals surface area contributed by atoms with E-state index in [1.165, 1.54) is 0 Å². The second kappa shape index (κ2) is 4.54. The van der Waals surface area contributed by atoms with Gasteiger partial charge in [0.2, 0.25) is 5.91 Å². The molecule has 1 aromatic carbocycles. The van der Waals surface area contributed by atoms with Gasteiger partial charge in [0.05, 0.1) is 6.07 Å². The summed E-state index contributed by atoms with van der Waals surface area (Å²) in [5.41, 5.74) is 1.12. The third-order valence-electron chi connectivity index (χ3n) is 2.86. The minimum atomic E-state index is -0.533. The number of piperidine rings is 1. The summed E-state index contributed by atoms with van der Waals surface area (Å²) in [6, 6.07) is 9.57. The summed E-state index contributed by atoms with van der Waals surface area (Å²) in [7, 11) is 0. The first-order chi connectivity index (χ1) is 7.70. The van der Waals surface area contributed by atoms with E-state index in [4.69, 9.17) is 16.9 Å². The van der Waals surface area contributed by atoms with Crippen LogP contribution in [0.3, 0.4) is 0 Å². The number of nitrogens with zero attached hydrogens (tertiary/aromatic N) is 1. The van der Waals surface area contributed by atoms with E-state index in [1.807, 2.05) is 30.3 Å². The normalized spacial score (nSPS) is 24.6. The van der Waals surface area contributed by atoms with Crippen molar-refractivity contribution in [2.24, 2.45) is 5.92 Å². The Morgan fingerprint density at radius 1 is 1.38 bits per heavy atom. The number of rotatable bonds is 1. The summed E-state index contributed by atoms with van der Waals surface area (Å²) in [6.45, 7) is 0.596. The molecule has 1 aromatic rings. The number of carbonyl (C=O) groups is 1. The lowest BCUT2D eigenvalue weighted by molar-refractivity contribution is -0.125. The fraction of sp³-hybridized carbons (Fsp3) is 0.333. The fourth-order valence-corrected chi connectivity index (χ4v) is 2.05. The van der Waals surface area contributed by atoms with Crippen LogP contribution in [-0.4, -0.2) is 12.5 Å².